The Labute approximate surface area is 235 Å². The van der Waals surface area contributed by atoms with E-state index in [0.717, 1.165) is 39.7 Å². The Morgan fingerprint density at radius 3 is 2.23 bits per heavy atom. The van der Waals surface area contributed by atoms with Gasteiger partial charge in [0.1, 0.15) is 24.2 Å². The third-order valence-electron chi connectivity index (χ3n) is 6.29. The first kappa shape index (κ1) is 30.6. The molecule has 0 bridgehead atoms. The van der Waals surface area contributed by atoms with Crippen LogP contribution in [0.1, 0.15) is 38.3 Å². The summed E-state index contributed by atoms with van der Waals surface area (Å²) in [6.45, 7) is 7.72. The second-order valence-electron chi connectivity index (χ2n) is 9.22. The first-order valence-electron chi connectivity index (χ1n) is 13.2. The number of sulfonamides is 1. The number of nitrogens with zero attached hydrogens (tertiary/aromatic N) is 2. The molecular weight excluding hydrogens is 533 g/mol. The Morgan fingerprint density at radius 2 is 1.65 bits per heavy atom. The quantitative estimate of drug-likeness (QED) is 0.323. The molecule has 1 N–H and O–H groups in total. The second kappa shape index (κ2) is 13.9. The van der Waals surface area contributed by atoms with Crippen molar-refractivity contribution in [2.24, 2.45) is 0 Å². The zero-order valence-corrected chi connectivity index (χ0v) is 24.1. The Hall–Kier alpha value is -3.92. The number of ether oxygens (including phenoxy) is 1. The van der Waals surface area contributed by atoms with Crippen LogP contribution in [-0.2, 0) is 26.2 Å². The summed E-state index contributed by atoms with van der Waals surface area (Å²) in [5, 5.41) is 2.78. The van der Waals surface area contributed by atoms with Crippen molar-refractivity contribution in [1.82, 2.24) is 10.2 Å². The summed E-state index contributed by atoms with van der Waals surface area (Å²) in [6, 6.07) is 17.5. The molecule has 0 aromatic heterocycles. The first-order chi connectivity index (χ1) is 19.1. The third kappa shape index (κ3) is 7.59. The zero-order chi connectivity index (χ0) is 29.3. The summed E-state index contributed by atoms with van der Waals surface area (Å²) in [5.74, 6) is -0.918. The van der Waals surface area contributed by atoms with E-state index in [-0.39, 0.29) is 23.0 Å². The van der Waals surface area contributed by atoms with E-state index in [0.29, 0.717) is 25.3 Å². The number of hydrogen-bond acceptors (Lipinski definition) is 5. The van der Waals surface area contributed by atoms with Crippen LogP contribution in [0.3, 0.4) is 0 Å². The zero-order valence-electron chi connectivity index (χ0n) is 23.3. The second-order valence-corrected chi connectivity index (χ2v) is 11.1. The molecule has 0 saturated heterocycles. The van der Waals surface area contributed by atoms with E-state index >= 15 is 0 Å². The molecule has 1 atom stereocenters. The topological polar surface area (TPSA) is 96.0 Å². The fourth-order valence-corrected chi connectivity index (χ4v) is 5.77. The lowest BCUT2D eigenvalue weighted by Gasteiger charge is -2.33. The number of benzene rings is 3. The van der Waals surface area contributed by atoms with E-state index < -0.39 is 34.3 Å². The summed E-state index contributed by atoms with van der Waals surface area (Å²) in [7, 11) is -4.29. The van der Waals surface area contributed by atoms with Gasteiger partial charge in [-0.1, -0.05) is 36.8 Å². The fourth-order valence-electron chi connectivity index (χ4n) is 4.36. The molecule has 40 heavy (non-hydrogen) atoms. The largest absolute Gasteiger partial charge is 0.494 e. The summed E-state index contributed by atoms with van der Waals surface area (Å²) < 4.78 is 47.7. The Kier molecular flexibility index (Phi) is 10.7. The van der Waals surface area contributed by atoms with Gasteiger partial charge in [0.25, 0.3) is 10.0 Å². The molecule has 3 aromatic rings. The minimum atomic E-state index is -4.29. The van der Waals surface area contributed by atoms with Crippen LogP contribution in [-0.4, -0.2) is 50.9 Å². The number of nitrogens with one attached hydrogen (secondary N) is 1. The fraction of sp³-hybridized carbons (Fsp3) is 0.333. The monoisotopic (exact) mass is 569 g/mol. The number of aryl methyl sites for hydroxylation is 1. The number of rotatable bonds is 13. The number of hydrogen-bond donors (Lipinski definition) is 1. The van der Waals surface area contributed by atoms with E-state index in [1.165, 1.54) is 4.90 Å². The van der Waals surface area contributed by atoms with Gasteiger partial charge >= 0.3 is 0 Å². The van der Waals surface area contributed by atoms with E-state index in [4.69, 9.17) is 4.74 Å². The van der Waals surface area contributed by atoms with Crippen molar-refractivity contribution >= 4 is 27.5 Å². The number of likely N-dealkylation sites (N-methyl/N-ethyl adjacent to an activating group) is 1. The Morgan fingerprint density at radius 1 is 0.975 bits per heavy atom. The van der Waals surface area contributed by atoms with Gasteiger partial charge in [-0.3, -0.25) is 13.9 Å². The minimum absolute atomic E-state index is 0.115. The van der Waals surface area contributed by atoms with Gasteiger partial charge < -0.3 is 15.0 Å². The van der Waals surface area contributed by atoms with E-state index in [9.17, 15) is 22.4 Å². The predicted octanol–water partition coefficient (Wildman–Crippen LogP) is 4.67. The van der Waals surface area contributed by atoms with Crippen molar-refractivity contribution in [1.29, 1.82) is 0 Å². The van der Waals surface area contributed by atoms with Gasteiger partial charge in [-0.2, -0.15) is 0 Å². The van der Waals surface area contributed by atoms with Crippen LogP contribution >= 0.6 is 0 Å². The molecule has 3 rings (SSSR count). The summed E-state index contributed by atoms with van der Waals surface area (Å²) >= 11 is 0. The molecular formula is C30H36FN3O5S. The van der Waals surface area contributed by atoms with Crippen LogP contribution in [0.5, 0.6) is 5.75 Å². The molecule has 0 radical (unpaired) electrons. The minimum Gasteiger partial charge on any atom is -0.494 e. The highest BCUT2D eigenvalue weighted by atomic mass is 32.2. The van der Waals surface area contributed by atoms with E-state index in [1.807, 2.05) is 38.1 Å². The lowest BCUT2D eigenvalue weighted by Crippen LogP contribution is -2.52. The maximum Gasteiger partial charge on any atom is 0.264 e. The van der Waals surface area contributed by atoms with Gasteiger partial charge in [-0.15, -0.1) is 0 Å². The van der Waals surface area contributed by atoms with Crippen molar-refractivity contribution in [3.05, 3.63) is 89.7 Å². The standard InChI is InChI=1S/C30H36FN3O5S/c1-5-28(30(36)32-6-2)33(20-23-10-8-9-22(4)19-23)29(35)21-34(25-13-15-26(16-14-25)39-7-3)40(37,38)27-17-11-24(31)12-18-27/h8-19,28H,5-7,20-21H2,1-4H3,(H,32,36)/t28-/m1/s1. The van der Waals surface area contributed by atoms with Crippen LogP contribution in [0.4, 0.5) is 10.1 Å². The lowest BCUT2D eigenvalue weighted by molar-refractivity contribution is -0.140. The van der Waals surface area contributed by atoms with Crippen molar-refractivity contribution in [3.63, 3.8) is 0 Å². The van der Waals surface area contributed by atoms with E-state index in [2.05, 4.69) is 5.32 Å². The lowest BCUT2D eigenvalue weighted by atomic mass is 10.1. The molecule has 0 unspecified atom stereocenters. The molecule has 0 aliphatic rings. The van der Waals surface area contributed by atoms with Gasteiger partial charge in [0.2, 0.25) is 11.8 Å². The molecule has 0 aliphatic heterocycles. The van der Waals surface area contributed by atoms with Gasteiger partial charge in [0.05, 0.1) is 17.2 Å². The molecule has 3 aromatic carbocycles. The number of amides is 2. The maximum absolute atomic E-state index is 14.0. The molecule has 0 fully saturated rings. The van der Waals surface area contributed by atoms with Crippen molar-refractivity contribution in [2.75, 3.05) is 24.0 Å². The highest BCUT2D eigenvalue weighted by Crippen LogP contribution is 2.27. The average molecular weight is 570 g/mol. The molecule has 214 valence electrons. The normalized spacial score (nSPS) is 11.9. The first-order valence-corrected chi connectivity index (χ1v) is 14.7. The molecule has 0 spiro atoms. The summed E-state index contributed by atoms with van der Waals surface area (Å²) in [5.41, 5.74) is 2.03. The average Bonchev–Trinajstić information content (AvgIpc) is 2.92. The highest BCUT2D eigenvalue weighted by Gasteiger charge is 2.33. The number of carbonyl (C=O) groups is 2. The maximum atomic E-state index is 14.0. The Bertz CT molecular complexity index is 1400. The predicted molar refractivity (Wildman–Crippen MR) is 153 cm³/mol. The molecule has 2 amide bonds. The van der Waals surface area contributed by atoms with Crippen LogP contribution in [0.2, 0.25) is 0 Å². The molecule has 0 aliphatic carbocycles. The van der Waals surface area contributed by atoms with Gasteiger partial charge in [-0.05, 0) is 81.3 Å². The van der Waals surface area contributed by atoms with Crippen LogP contribution in [0.25, 0.3) is 0 Å². The van der Waals surface area contributed by atoms with Crippen LogP contribution in [0, 0.1) is 12.7 Å². The SMILES string of the molecule is CCNC(=O)[C@@H](CC)N(Cc1cccc(C)c1)C(=O)CN(c1ccc(OCC)cc1)S(=O)(=O)c1ccc(F)cc1. The molecule has 0 heterocycles. The van der Waals surface area contributed by atoms with Crippen LogP contribution in [0.15, 0.2) is 77.7 Å². The van der Waals surface area contributed by atoms with Gasteiger partial charge in [-0.25, -0.2) is 12.8 Å². The van der Waals surface area contributed by atoms with Gasteiger partial charge in [0.15, 0.2) is 0 Å². The van der Waals surface area contributed by atoms with E-state index in [1.54, 1.807) is 38.1 Å². The number of halogens is 1. The smallest absolute Gasteiger partial charge is 0.264 e. The third-order valence-corrected chi connectivity index (χ3v) is 8.08. The van der Waals surface area contributed by atoms with Crippen molar-refractivity contribution < 1.29 is 27.1 Å². The number of carbonyl (C=O) groups excluding carboxylic acids is 2. The summed E-state index contributed by atoms with van der Waals surface area (Å²) in [4.78, 5) is 28.2. The van der Waals surface area contributed by atoms with Crippen molar-refractivity contribution in [3.8, 4) is 5.75 Å². The van der Waals surface area contributed by atoms with Gasteiger partial charge in [0, 0.05) is 13.1 Å². The highest BCUT2D eigenvalue weighted by molar-refractivity contribution is 7.92. The molecule has 10 heteroatoms. The summed E-state index contributed by atoms with van der Waals surface area (Å²) in [6.07, 6.45) is 0.331. The molecule has 8 nitrogen and oxygen atoms in total. The Balaban J connectivity index is 2.06. The number of anilines is 1. The van der Waals surface area contributed by atoms with Crippen molar-refractivity contribution in [2.45, 2.75) is 51.6 Å². The van der Waals surface area contributed by atoms with Crippen LogP contribution < -0.4 is 14.4 Å². The molecule has 0 saturated carbocycles.